The van der Waals surface area contributed by atoms with E-state index in [4.69, 9.17) is 0 Å². The second kappa shape index (κ2) is 6.79. The Labute approximate surface area is 179 Å². The van der Waals surface area contributed by atoms with Gasteiger partial charge in [0, 0.05) is 20.0 Å². The summed E-state index contributed by atoms with van der Waals surface area (Å²) in [5.74, 6) is -0.165. The number of likely N-dealkylation sites (N-methyl/N-ethyl adjacent to an activating group) is 2. The van der Waals surface area contributed by atoms with E-state index in [9.17, 15) is 19.2 Å². The molecular formula is C23H37N3O4. The van der Waals surface area contributed by atoms with Crippen molar-refractivity contribution in [1.29, 1.82) is 0 Å². The number of carbonyl (C=O) groups is 4. The SMILES string of the molecule is C[C@@H]1C[C@@H]1C(=O)N(C)[C@H](C)C(=O)N(C)C1(C(=O)NC2(C=O)CC2(C)C)CC(C)(C)C1. The number of nitrogens with zero attached hydrogens (tertiary/aromatic N) is 2. The largest absolute Gasteiger partial charge is 0.341 e. The Kier molecular flexibility index (Phi) is 5.15. The number of amides is 3. The first-order valence-electron chi connectivity index (χ1n) is 11.0. The summed E-state index contributed by atoms with van der Waals surface area (Å²) in [6.07, 6.45) is 3.33. The molecule has 0 radical (unpaired) electrons. The zero-order valence-corrected chi connectivity index (χ0v) is 19.7. The Hall–Kier alpha value is -1.92. The lowest BCUT2D eigenvalue weighted by molar-refractivity contribution is -0.165. The first kappa shape index (κ1) is 22.8. The van der Waals surface area contributed by atoms with Crippen LogP contribution in [0.25, 0.3) is 0 Å². The first-order valence-corrected chi connectivity index (χ1v) is 11.0. The quantitative estimate of drug-likeness (QED) is 0.640. The van der Waals surface area contributed by atoms with E-state index >= 15 is 0 Å². The predicted molar refractivity (Wildman–Crippen MR) is 113 cm³/mol. The normalized spacial score (nSPS) is 32.8. The average Bonchev–Trinajstić information content (AvgIpc) is 3.50. The van der Waals surface area contributed by atoms with E-state index in [-0.39, 0.29) is 34.5 Å². The Bertz CT molecular complexity index is 781. The van der Waals surface area contributed by atoms with Crippen LogP contribution in [0.3, 0.4) is 0 Å². The zero-order chi connectivity index (χ0) is 22.9. The molecule has 7 heteroatoms. The van der Waals surface area contributed by atoms with Gasteiger partial charge in [-0.2, -0.15) is 0 Å². The van der Waals surface area contributed by atoms with Gasteiger partial charge in [0.2, 0.25) is 17.7 Å². The summed E-state index contributed by atoms with van der Waals surface area (Å²) >= 11 is 0. The van der Waals surface area contributed by atoms with E-state index in [0.29, 0.717) is 25.2 Å². The summed E-state index contributed by atoms with van der Waals surface area (Å²) in [4.78, 5) is 54.1. The summed E-state index contributed by atoms with van der Waals surface area (Å²) in [6.45, 7) is 11.8. The molecule has 168 valence electrons. The van der Waals surface area contributed by atoms with Gasteiger partial charge >= 0.3 is 0 Å². The molecular weight excluding hydrogens is 382 g/mol. The van der Waals surface area contributed by atoms with E-state index < -0.39 is 17.1 Å². The van der Waals surface area contributed by atoms with Crippen LogP contribution >= 0.6 is 0 Å². The average molecular weight is 420 g/mol. The third kappa shape index (κ3) is 3.44. The van der Waals surface area contributed by atoms with Crippen LogP contribution in [-0.4, -0.2) is 65.0 Å². The molecule has 30 heavy (non-hydrogen) atoms. The third-order valence-electron chi connectivity index (χ3n) is 7.99. The maximum absolute atomic E-state index is 13.4. The number of rotatable bonds is 7. The van der Waals surface area contributed by atoms with Crippen LogP contribution in [0.15, 0.2) is 0 Å². The smallest absolute Gasteiger partial charge is 0.246 e. The second-order valence-corrected chi connectivity index (χ2v) is 11.5. The Morgan fingerprint density at radius 2 is 1.57 bits per heavy atom. The van der Waals surface area contributed by atoms with E-state index in [0.717, 1.165) is 12.7 Å². The summed E-state index contributed by atoms with van der Waals surface area (Å²) in [5, 5.41) is 2.97. The van der Waals surface area contributed by atoms with Crippen molar-refractivity contribution in [3.8, 4) is 0 Å². The highest BCUT2D eigenvalue weighted by Crippen LogP contribution is 2.56. The Morgan fingerprint density at radius 3 is 1.93 bits per heavy atom. The molecule has 0 aromatic rings. The van der Waals surface area contributed by atoms with Crippen molar-refractivity contribution in [2.45, 2.75) is 84.3 Å². The number of nitrogens with one attached hydrogen (secondary N) is 1. The maximum Gasteiger partial charge on any atom is 0.246 e. The van der Waals surface area contributed by atoms with Gasteiger partial charge in [-0.25, -0.2) is 0 Å². The summed E-state index contributed by atoms with van der Waals surface area (Å²) < 4.78 is 0. The summed E-state index contributed by atoms with van der Waals surface area (Å²) in [5.41, 5.74) is -2.22. The van der Waals surface area contributed by atoms with Gasteiger partial charge < -0.3 is 19.9 Å². The molecule has 0 aromatic carbocycles. The minimum Gasteiger partial charge on any atom is -0.341 e. The molecule has 3 rings (SSSR count). The number of hydrogen-bond acceptors (Lipinski definition) is 4. The molecule has 3 aliphatic carbocycles. The molecule has 0 heterocycles. The minimum absolute atomic E-state index is 0.00000126. The fourth-order valence-electron chi connectivity index (χ4n) is 5.27. The highest BCUT2D eigenvalue weighted by atomic mass is 16.2. The van der Waals surface area contributed by atoms with Gasteiger partial charge in [0.05, 0.1) is 0 Å². The minimum atomic E-state index is -1.000. The van der Waals surface area contributed by atoms with Gasteiger partial charge in [-0.3, -0.25) is 14.4 Å². The van der Waals surface area contributed by atoms with E-state index in [1.165, 1.54) is 9.80 Å². The van der Waals surface area contributed by atoms with Gasteiger partial charge in [0.25, 0.3) is 0 Å². The summed E-state index contributed by atoms with van der Waals surface area (Å²) in [6, 6.07) is -0.652. The topological polar surface area (TPSA) is 86.8 Å². The predicted octanol–water partition coefficient (Wildman–Crippen LogP) is 1.99. The molecule has 0 spiro atoms. The lowest BCUT2D eigenvalue weighted by Gasteiger charge is -2.56. The monoisotopic (exact) mass is 419 g/mol. The fourth-order valence-corrected chi connectivity index (χ4v) is 5.27. The van der Waals surface area contributed by atoms with Crippen LogP contribution in [-0.2, 0) is 19.2 Å². The van der Waals surface area contributed by atoms with E-state index in [1.807, 2.05) is 20.8 Å². The summed E-state index contributed by atoms with van der Waals surface area (Å²) in [7, 11) is 3.31. The first-order chi connectivity index (χ1) is 13.6. The molecule has 3 aliphatic rings. The molecule has 3 fully saturated rings. The van der Waals surface area contributed by atoms with Gasteiger partial charge in [-0.1, -0.05) is 34.6 Å². The van der Waals surface area contributed by atoms with Gasteiger partial charge in [0.1, 0.15) is 23.4 Å². The highest BCUT2D eigenvalue weighted by Gasteiger charge is 2.66. The fraction of sp³-hybridized carbons (Fsp3) is 0.826. The van der Waals surface area contributed by atoms with Crippen LogP contribution in [0.2, 0.25) is 0 Å². The molecule has 0 bridgehead atoms. The molecule has 3 amide bonds. The Balaban J connectivity index is 1.77. The van der Waals surface area contributed by atoms with Crippen molar-refractivity contribution >= 4 is 24.0 Å². The van der Waals surface area contributed by atoms with Crippen molar-refractivity contribution in [3.05, 3.63) is 0 Å². The van der Waals surface area contributed by atoms with E-state index in [2.05, 4.69) is 19.2 Å². The third-order valence-corrected chi connectivity index (χ3v) is 7.99. The lowest BCUT2D eigenvalue weighted by Crippen LogP contribution is -2.71. The van der Waals surface area contributed by atoms with Crippen molar-refractivity contribution in [2.24, 2.45) is 22.7 Å². The number of hydrogen-bond donors (Lipinski definition) is 1. The lowest BCUT2D eigenvalue weighted by atomic mass is 9.58. The van der Waals surface area contributed by atoms with Crippen LogP contribution in [0, 0.1) is 22.7 Å². The Morgan fingerprint density at radius 1 is 1.07 bits per heavy atom. The second-order valence-electron chi connectivity index (χ2n) is 11.5. The molecule has 1 N–H and O–H groups in total. The van der Waals surface area contributed by atoms with Gasteiger partial charge in [-0.15, -0.1) is 0 Å². The van der Waals surface area contributed by atoms with Crippen molar-refractivity contribution < 1.29 is 19.2 Å². The molecule has 1 unspecified atom stereocenters. The van der Waals surface area contributed by atoms with Crippen LogP contribution in [0.5, 0.6) is 0 Å². The van der Waals surface area contributed by atoms with E-state index in [1.54, 1.807) is 21.0 Å². The molecule has 0 saturated heterocycles. The van der Waals surface area contributed by atoms with Gasteiger partial charge in [-0.05, 0) is 49.4 Å². The number of carbonyl (C=O) groups excluding carboxylic acids is 4. The molecule has 0 aliphatic heterocycles. The van der Waals surface area contributed by atoms with Gasteiger partial charge in [0.15, 0.2) is 0 Å². The van der Waals surface area contributed by atoms with Crippen molar-refractivity contribution in [2.75, 3.05) is 14.1 Å². The molecule has 0 aromatic heterocycles. The molecule has 7 nitrogen and oxygen atoms in total. The number of aldehydes is 1. The highest BCUT2D eigenvalue weighted by molar-refractivity contribution is 5.97. The molecule has 4 atom stereocenters. The van der Waals surface area contributed by atoms with Crippen LogP contribution in [0.4, 0.5) is 0 Å². The van der Waals surface area contributed by atoms with Crippen LogP contribution in [0.1, 0.15) is 67.2 Å². The maximum atomic E-state index is 13.4. The van der Waals surface area contributed by atoms with Crippen LogP contribution < -0.4 is 5.32 Å². The molecule has 3 saturated carbocycles. The van der Waals surface area contributed by atoms with Crippen molar-refractivity contribution in [1.82, 2.24) is 15.1 Å². The van der Waals surface area contributed by atoms with Crippen molar-refractivity contribution in [3.63, 3.8) is 0 Å². The standard InChI is InChI=1S/C23H37N3O4/c1-14-9-16(14)18(29)25(7)15(2)17(28)26(8)22(10-20(3,4)11-22)19(30)24-23(13-27)12-21(23,5)6/h13-16H,9-12H2,1-8H3,(H,24,30)/t14-,15-,16+,23?/m1/s1. The zero-order valence-electron chi connectivity index (χ0n) is 19.7.